The van der Waals surface area contributed by atoms with Crippen molar-refractivity contribution in [1.29, 1.82) is 0 Å². The zero-order valence-electron chi connectivity index (χ0n) is 4.83. The number of ether oxygens (including phenoxy) is 1. The van der Waals surface area contributed by atoms with E-state index in [0.29, 0.717) is 6.42 Å². The van der Waals surface area contributed by atoms with Gasteiger partial charge in [-0.2, -0.15) is 0 Å². The Balaban J connectivity index is 2.38. The second-order valence-electron chi connectivity index (χ2n) is 2.06. The number of hydrogen-bond donors (Lipinski definition) is 2. The van der Waals surface area contributed by atoms with Gasteiger partial charge in [0.05, 0.1) is 12.0 Å². The minimum absolute atomic E-state index is 0.120. The standard InChI is InChI=1S/C5H9ClO3/c6-3-1-5(8)9-4(3)2-7/h3-5,7-8H,1-2H2/t3-,4+,5+/m0/s1. The highest BCUT2D eigenvalue weighted by atomic mass is 35.5. The zero-order chi connectivity index (χ0) is 6.85. The fraction of sp³-hybridized carbons (Fsp3) is 1.00. The number of halogens is 1. The van der Waals surface area contributed by atoms with E-state index in [1.807, 2.05) is 0 Å². The molecule has 0 radical (unpaired) electrons. The van der Waals surface area contributed by atoms with Crippen LogP contribution in [0.4, 0.5) is 0 Å². The van der Waals surface area contributed by atoms with Crippen LogP contribution in [0.15, 0.2) is 0 Å². The van der Waals surface area contributed by atoms with E-state index in [2.05, 4.69) is 0 Å². The normalized spacial score (nSPS) is 43.7. The van der Waals surface area contributed by atoms with E-state index >= 15 is 0 Å². The summed E-state index contributed by atoms with van der Waals surface area (Å²) in [5, 5.41) is 17.1. The van der Waals surface area contributed by atoms with Gasteiger partial charge in [0.1, 0.15) is 6.10 Å². The lowest BCUT2D eigenvalue weighted by Crippen LogP contribution is -2.20. The summed E-state index contributed by atoms with van der Waals surface area (Å²) in [5.41, 5.74) is 0. The van der Waals surface area contributed by atoms with Gasteiger partial charge in [0.2, 0.25) is 0 Å². The molecule has 1 saturated heterocycles. The molecule has 1 aliphatic heterocycles. The SMILES string of the molecule is OC[C@H]1O[C@@H](O)C[C@@H]1Cl. The molecule has 1 rings (SSSR count). The molecule has 0 saturated carbocycles. The molecule has 0 bridgehead atoms. The number of rotatable bonds is 1. The monoisotopic (exact) mass is 152 g/mol. The lowest BCUT2D eigenvalue weighted by Gasteiger charge is -2.07. The maximum Gasteiger partial charge on any atom is 0.156 e. The molecule has 0 aromatic rings. The van der Waals surface area contributed by atoms with Crippen molar-refractivity contribution in [1.82, 2.24) is 0 Å². The van der Waals surface area contributed by atoms with Gasteiger partial charge in [0.15, 0.2) is 6.29 Å². The fourth-order valence-corrected chi connectivity index (χ4v) is 1.14. The highest BCUT2D eigenvalue weighted by Gasteiger charge is 2.31. The van der Waals surface area contributed by atoms with Crippen molar-refractivity contribution >= 4 is 11.6 Å². The second-order valence-corrected chi connectivity index (χ2v) is 2.62. The molecule has 0 spiro atoms. The van der Waals surface area contributed by atoms with Crippen molar-refractivity contribution in [3.05, 3.63) is 0 Å². The number of aliphatic hydroxyl groups excluding tert-OH is 2. The molecule has 1 fully saturated rings. The quantitative estimate of drug-likeness (QED) is 0.507. The second kappa shape index (κ2) is 2.84. The average molecular weight is 153 g/mol. The van der Waals surface area contributed by atoms with Crippen LogP contribution in [0.25, 0.3) is 0 Å². The molecule has 0 aromatic heterocycles. The summed E-state index contributed by atoms with van der Waals surface area (Å²) in [4.78, 5) is 0. The van der Waals surface area contributed by atoms with Crippen LogP contribution in [0.5, 0.6) is 0 Å². The summed E-state index contributed by atoms with van der Waals surface area (Å²) < 4.78 is 4.80. The Morgan fingerprint density at radius 3 is 2.56 bits per heavy atom. The molecule has 1 aliphatic rings. The topological polar surface area (TPSA) is 49.7 Å². The Labute approximate surface area is 58.2 Å². The molecular formula is C5H9ClO3. The maximum absolute atomic E-state index is 8.78. The van der Waals surface area contributed by atoms with Crippen LogP contribution in [0.3, 0.4) is 0 Å². The number of alkyl halides is 1. The van der Waals surface area contributed by atoms with Crippen LogP contribution < -0.4 is 0 Å². The van der Waals surface area contributed by atoms with Crippen LogP contribution in [0.2, 0.25) is 0 Å². The molecule has 3 nitrogen and oxygen atoms in total. The van der Waals surface area contributed by atoms with E-state index < -0.39 is 6.29 Å². The molecule has 0 unspecified atom stereocenters. The van der Waals surface area contributed by atoms with Gasteiger partial charge >= 0.3 is 0 Å². The third-order valence-corrected chi connectivity index (χ3v) is 1.80. The van der Waals surface area contributed by atoms with Crippen LogP contribution in [-0.2, 0) is 4.74 Å². The average Bonchev–Trinajstić information content (AvgIpc) is 2.10. The van der Waals surface area contributed by atoms with E-state index in [-0.39, 0.29) is 18.1 Å². The molecule has 3 atom stereocenters. The Kier molecular flexibility index (Phi) is 2.29. The lowest BCUT2D eigenvalue weighted by molar-refractivity contribution is -0.101. The summed E-state index contributed by atoms with van der Waals surface area (Å²) in [6.45, 7) is -0.120. The molecule has 9 heavy (non-hydrogen) atoms. The summed E-state index contributed by atoms with van der Waals surface area (Å²) in [7, 11) is 0. The van der Waals surface area contributed by atoms with Gasteiger partial charge in [0.25, 0.3) is 0 Å². The first kappa shape index (κ1) is 7.28. The zero-order valence-corrected chi connectivity index (χ0v) is 5.58. The highest BCUT2D eigenvalue weighted by molar-refractivity contribution is 6.21. The van der Waals surface area contributed by atoms with Gasteiger partial charge in [-0.1, -0.05) is 0 Å². The van der Waals surface area contributed by atoms with Crippen LogP contribution in [0.1, 0.15) is 6.42 Å². The van der Waals surface area contributed by atoms with E-state index in [0.717, 1.165) is 0 Å². The Hall–Kier alpha value is 0.170. The molecule has 1 heterocycles. The van der Waals surface area contributed by atoms with Gasteiger partial charge in [-0.15, -0.1) is 11.6 Å². The molecule has 0 aromatic carbocycles. The van der Waals surface area contributed by atoms with Crippen LogP contribution in [0, 0.1) is 0 Å². The first-order valence-electron chi connectivity index (χ1n) is 2.82. The molecule has 0 aliphatic carbocycles. The van der Waals surface area contributed by atoms with Gasteiger partial charge in [-0.25, -0.2) is 0 Å². The van der Waals surface area contributed by atoms with Crippen molar-refractivity contribution in [3.63, 3.8) is 0 Å². The fourth-order valence-electron chi connectivity index (χ4n) is 0.844. The summed E-state index contributed by atoms with van der Waals surface area (Å²) >= 11 is 5.63. The summed E-state index contributed by atoms with van der Waals surface area (Å²) in [6, 6.07) is 0. The number of hydrogen-bond acceptors (Lipinski definition) is 3. The van der Waals surface area contributed by atoms with E-state index in [4.69, 9.17) is 26.6 Å². The van der Waals surface area contributed by atoms with Crippen molar-refractivity contribution in [2.75, 3.05) is 6.61 Å². The third kappa shape index (κ3) is 1.55. The Morgan fingerprint density at radius 2 is 2.33 bits per heavy atom. The molecule has 54 valence electrons. The molecule has 0 amide bonds. The minimum atomic E-state index is -0.787. The van der Waals surface area contributed by atoms with Crippen molar-refractivity contribution in [2.45, 2.75) is 24.2 Å². The summed E-state index contributed by atoms with van der Waals surface area (Å²) in [6.07, 6.45) is -0.765. The van der Waals surface area contributed by atoms with Gasteiger partial charge in [-0.3, -0.25) is 0 Å². The van der Waals surface area contributed by atoms with Crippen molar-refractivity contribution in [2.24, 2.45) is 0 Å². The minimum Gasteiger partial charge on any atom is -0.394 e. The van der Waals surface area contributed by atoms with E-state index in [1.165, 1.54) is 0 Å². The molecule has 2 N–H and O–H groups in total. The number of aliphatic hydroxyl groups is 2. The van der Waals surface area contributed by atoms with E-state index in [9.17, 15) is 0 Å². The van der Waals surface area contributed by atoms with E-state index in [1.54, 1.807) is 0 Å². The van der Waals surface area contributed by atoms with Crippen LogP contribution in [-0.4, -0.2) is 34.6 Å². The highest BCUT2D eigenvalue weighted by Crippen LogP contribution is 2.22. The summed E-state index contributed by atoms with van der Waals surface area (Å²) in [5.74, 6) is 0. The maximum atomic E-state index is 8.78. The Bertz CT molecular complexity index is 98.2. The van der Waals surface area contributed by atoms with Gasteiger partial charge in [0, 0.05) is 6.42 Å². The first-order chi connectivity index (χ1) is 4.24. The third-order valence-electron chi connectivity index (χ3n) is 1.34. The largest absolute Gasteiger partial charge is 0.394 e. The predicted octanol–water partition coefficient (Wildman–Crippen LogP) is -0.307. The van der Waals surface area contributed by atoms with Gasteiger partial charge < -0.3 is 14.9 Å². The predicted molar refractivity (Wildman–Crippen MR) is 32.2 cm³/mol. The van der Waals surface area contributed by atoms with Crippen LogP contribution >= 0.6 is 11.6 Å². The Morgan fingerprint density at radius 1 is 1.67 bits per heavy atom. The van der Waals surface area contributed by atoms with Gasteiger partial charge in [-0.05, 0) is 0 Å². The first-order valence-corrected chi connectivity index (χ1v) is 3.26. The molecule has 4 heteroatoms. The van der Waals surface area contributed by atoms with Crippen molar-refractivity contribution < 1.29 is 14.9 Å². The van der Waals surface area contributed by atoms with Crippen molar-refractivity contribution in [3.8, 4) is 0 Å². The smallest absolute Gasteiger partial charge is 0.156 e. The lowest BCUT2D eigenvalue weighted by atomic mass is 10.2. The molecular weight excluding hydrogens is 144 g/mol.